The molecule has 1 saturated heterocycles. The Kier molecular flexibility index (Phi) is 5.79. The van der Waals surface area contributed by atoms with Crippen molar-refractivity contribution in [1.82, 2.24) is 10.2 Å². The van der Waals surface area contributed by atoms with E-state index in [0.717, 1.165) is 18.8 Å². The van der Waals surface area contributed by atoms with Gasteiger partial charge < -0.3 is 5.32 Å². The molecule has 1 unspecified atom stereocenters. The van der Waals surface area contributed by atoms with Gasteiger partial charge in [-0.2, -0.15) is 11.8 Å². The van der Waals surface area contributed by atoms with Crippen molar-refractivity contribution in [2.75, 3.05) is 31.9 Å². The van der Waals surface area contributed by atoms with E-state index < -0.39 is 0 Å². The normalized spacial score (nSPS) is 22.3. The van der Waals surface area contributed by atoms with Gasteiger partial charge in [-0.05, 0) is 6.42 Å². The van der Waals surface area contributed by atoms with E-state index in [2.05, 4.69) is 23.7 Å². The molecule has 1 N–H and O–H groups in total. The number of carbonyl (C=O) groups is 1. The van der Waals surface area contributed by atoms with E-state index in [1.165, 1.54) is 6.42 Å². The minimum absolute atomic E-state index is 0.108. The fourth-order valence-electron chi connectivity index (χ4n) is 1.62. The van der Waals surface area contributed by atoms with Crippen molar-refractivity contribution in [3.05, 3.63) is 12.7 Å². The molecule has 1 aliphatic rings. The first kappa shape index (κ1) is 12.6. The third-order valence-electron chi connectivity index (χ3n) is 2.49. The number of carbonyl (C=O) groups excluding carboxylic acids is 1. The van der Waals surface area contributed by atoms with E-state index in [1.54, 1.807) is 6.08 Å². The third kappa shape index (κ3) is 4.71. The molecule has 86 valence electrons. The molecule has 0 saturated carbocycles. The topological polar surface area (TPSA) is 32.3 Å². The maximum absolute atomic E-state index is 11.5. The van der Waals surface area contributed by atoms with Gasteiger partial charge in [0.2, 0.25) is 5.91 Å². The summed E-state index contributed by atoms with van der Waals surface area (Å²) in [6.45, 7) is 8.96. The molecule has 15 heavy (non-hydrogen) atoms. The van der Waals surface area contributed by atoms with E-state index >= 15 is 0 Å². The zero-order chi connectivity index (χ0) is 11.1. The monoisotopic (exact) mass is 228 g/mol. The molecule has 1 amide bonds. The van der Waals surface area contributed by atoms with Gasteiger partial charge in [-0.15, -0.1) is 6.58 Å². The largest absolute Gasteiger partial charge is 0.352 e. The van der Waals surface area contributed by atoms with Crippen molar-refractivity contribution < 1.29 is 4.79 Å². The Hall–Kier alpha value is -0.480. The van der Waals surface area contributed by atoms with Crippen molar-refractivity contribution in [2.45, 2.75) is 18.6 Å². The fourth-order valence-corrected chi connectivity index (χ4v) is 2.86. The molecule has 0 spiro atoms. The standard InChI is InChI=1S/C11H20N2OS/c1-3-5-12-11(14)9-13-6-7-15-10(4-2)8-13/h3,10H,1,4-9H2,2H3,(H,12,14). The van der Waals surface area contributed by atoms with E-state index in [9.17, 15) is 4.79 Å². The SMILES string of the molecule is C=CCNC(=O)CN1CCSC(CC)C1. The molecule has 0 aromatic rings. The molecular formula is C11H20N2OS. The molecule has 1 rings (SSSR count). The van der Waals surface area contributed by atoms with Gasteiger partial charge >= 0.3 is 0 Å². The average Bonchev–Trinajstić information content (AvgIpc) is 2.26. The summed E-state index contributed by atoms with van der Waals surface area (Å²) in [5.74, 6) is 1.25. The molecule has 0 aromatic carbocycles. The van der Waals surface area contributed by atoms with Gasteiger partial charge in [0.05, 0.1) is 6.54 Å². The molecule has 1 aliphatic heterocycles. The lowest BCUT2D eigenvalue weighted by molar-refractivity contribution is -0.122. The number of nitrogens with one attached hydrogen (secondary N) is 1. The van der Waals surface area contributed by atoms with Crippen LogP contribution in [0.1, 0.15) is 13.3 Å². The minimum Gasteiger partial charge on any atom is -0.352 e. The smallest absolute Gasteiger partial charge is 0.234 e. The predicted octanol–water partition coefficient (Wildman–Crippen LogP) is 1.12. The zero-order valence-electron chi connectivity index (χ0n) is 9.37. The van der Waals surface area contributed by atoms with E-state index in [-0.39, 0.29) is 5.91 Å². The molecule has 3 nitrogen and oxygen atoms in total. The molecule has 1 atom stereocenters. The second-order valence-electron chi connectivity index (χ2n) is 3.73. The first-order valence-corrected chi connectivity index (χ1v) is 6.52. The zero-order valence-corrected chi connectivity index (χ0v) is 10.2. The summed E-state index contributed by atoms with van der Waals surface area (Å²) < 4.78 is 0. The summed E-state index contributed by atoms with van der Waals surface area (Å²) >= 11 is 2.02. The van der Waals surface area contributed by atoms with Crippen LogP contribution in [0.15, 0.2) is 12.7 Å². The number of nitrogens with zero attached hydrogens (tertiary/aromatic N) is 1. The first-order valence-electron chi connectivity index (χ1n) is 5.47. The fraction of sp³-hybridized carbons (Fsp3) is 0.727. The lowest BCUT2D eigenvalue weighted by Gasteiger charge is -2.31. The summed E-state index contributed by atoms with van der Waals surface area (Å²) in [5.41, 5.74) is 0. The summed E-state index contributed by atoms with van der Waals surface area (Å²) in [7, 11) is 0. The number of rotatable bonds is 5. The number of hydrogen-bond acceptors (Lipinski definition) is 3. The van der Waals surface area contributed by atoms with Gasteiger partial charge in [0.25, 0.3) is 0 Å². The van der Waals surface area contributed by atoms with Gasteiger partial charge in [-0.3, -0.25) is 9.69 Å². The van der Waals surface area contributed by atoms with Crippen LogP contribution in [0.3, 0.4) is 0 Å². The second kappa shape index (κ2) is 6.90. The molecular weight excluding hydrogens is 208 g/mol. The second-order valence-corrected chi connectivity index (χ2v) is 5.14. The van der Waals surface area contributed by atoms with Crippen LogP contribution in [0.5, 0.6) is 0 Å². The Labute approximate surface area is 96.3 Å². The van der Waals surface area contributed by atoms with Crippen molar-refractivity contribution in [2.24, 2.45) is 0 Å². The van der Waals surface area contributed by atoms with Crippen LogP contribution in [0.25, 0.3) is 0 Å². The quantitative estimate of drug-likeness (QED) is 0.716. The highest BCUT2D eigenvalue weighted by molar-refractivity contribution is 8.00. The van der Waals surface area contributed by atoms with Crippen LogP contribution in [0, 0.1) is 0 Å². The summed E-state index contributed by atoms with van der Waals surface area (Å²) in [6.07, 6.45) is 2.90. The average molecular weight is 228 g/mol. The maximum Gasteiger partial charge on any atom is 0.234 e. The van der Waals surface area contributed by atoms with Gasteiger partial charge in [-0.25, -0.2) is 0 Å². The predicted molar refractivity (Wildman–Crippen MR) is 66.2 cm³/mol. The van der Waals surface area contributed by atoms with Crippen LogP contribution >= 0.6 is 11.8 Å². The van der Waals surface area contributed by atoms with Gasteiger partial charge in [-0.1, -0.05) is 13.0 Å². The maximum atomic E-state index is 11.5. The van der Waals surface area contributed by atoms with Gasteiger partial charge in [0.15, 0.2) is 0 Å². The molecule has 0 aliphatic carbocycles. The lowest BCUT2D eigenvalue weighted by atomic mass is 10.3. The highest BCUT2D eigenvalue weighted by atomic mass is 32.2. The van der Waals surface area contributed by atoms with Gasteiger partial charge in [0.1, 0.15) is 0 Å². The molecule has 4 heteroatoms. The molecule has 0 aromatic heterocycles. The first-order chi connectivity index (χ1) is 7.26. The minimum atomic E-state index is 0.108. The van der Waals surface area contributed by atoms with E-state index in [4.69, 9.17) is 0 Å². The Morgan fingerprint density at radius 2 is 2.53 bits per heavy atom. The Balaban J connectivity index is 2.24. The van der Waals surface area contributed by atoms with Crippen molar-refractivity contribution in [3.8, 4) is 0 Å². The van der Waals surface area contributed by atoms with Crippen molar-refractivity contribution in [1.29, 1.82) is 0 Å². The highest BCUT2D eigenvalue weighted by Gasteiger charge is 2.20. The van der Waals surface area contributed by atoms with Crippen LogP contribution in [-0.4, -0.2) is 48.0 Å². The summed E-state index contributed by atoms with van der Waals surface area (Å²) in [6, 6.07) is 0. The van der Waals surface area contributed by atoms with Crippen LogP contribution in [0.4, 0.5) is 0 Å². The van der Waals surface area contributed by atoms with Crippen LogP contribution in [0.2, 0.25) is 0 Å². The Bertz CT molecular complexity index is 221. The molecule has 1 heterocycles. The molecule has 0 radical (unpaired) electrons. The lowest BCUT2D eigenvalue weighted by Crippen LogP contribution is -2.43. The van der Waals surface area contributed by atoms with Crippen molar-refractivity contribution >= 4 is 17.7 Å². The van der Waals surface area contributed by atoms with E-state index in [1.807, 2.05) is 11.8 Å². The van der Waals surface area contributed by atoms with Crippen molar-refractivity contribution in [3.63, 3.8) is 0 Å². The third-order valence-corrected chi connectivity index (χ3v) is 3.86. The number of thioether (sulfide) groups is 1. The highest BCUT2D eigenvalue weighted by Crippen LogP contribution is 2.20. The molecule has 1 fully saturated rings. The number of amides is 1. The Morgan fingerprint density at radius 1 is 1.73 bits per heavy atom. The molecule has 0 bridgehead atoms. The van der Waals surface area contributed by atoms with Gasteiger partial charge in [0, 0.05) is 30.6 Å². The number of hydrogen-bond donors (Lipinski definition) is 1. The van der Waals surface area contributed by atoms with E-state index in [0.29, 0.717) is 18.3 Å². The van der Waals surface area contributed by atoms with Crippen LogP contribution in [-0.2, 0) is 4.79 Å². The summed E-state index contributed by atoms with van der Waals surface area (Å²) in [4.78, 5) is 13.7. The summed E-state index contributed by atoms with van der Waals surface area (Å²) in [5, 5.41) is 3.51. The Morgan fingerprint density at radius 3 is 3.20 bits per heavy atom. The van der Waals surface area contributed by atoms with Crippen LogP contribution < -0.4 is 5.32 Å².